The molecule has 0 unspecified atom stereocenters. The normalized spacial score (nSPS) is 12.8. The smallest absolute Gasteiger partial charge is 0.225 e. The summed E-state index contributed by atoms with van der Waals surface area (Å²) >= 11 is 0. The monoisotopic (exact) mass is 419 g/mol. The predicted octanol–water partition coefficient (Wildman–Crippen LogP) is 3.26. The number of carbonyl (C=O) groups excluding carboxylic acids is 3. The van der Waals surface area contributed by atoms with Gasteiger partial charge in [0.2, 0.25) is 5.91 Å². The highest BCUT2D eigenvalue weighted by Gasteiger charge is 2.29. The van der Waals surface area contributed by atoms with Gasteiger partial charge >= 0.3 is 0 Å². The van der Waals surface area contributed by atoms with Crippen LogP contribution in [0.15, 0.2) is 77.7 Å². The number of carbonyl (C=O) groups is 3. The van der Waals surface area contributed by atoms with E-state index in [2.05, 4.69) is 5.32 Å². The number of fused-ring (bicyclic) bond motifs is 2. The van der Waals surface area contributed by atoms with E-state index >= 15 is 0 Å². The van der Waals surface area contributed by atoms with Crippen LogP contribution in [-0.4, -0.2) is 31.6 Å². The summed E-state index contributed by atoms with van der Waals surface area (Å²) in [6, 6.07) is 19.0. The van der Waals surface area contributed by atoms with Crippen LogP contribution in [0.4, 0.5) is 5.69 Å². The summed E-state index contributed by atoms with van der Waals surface area (Å²) in [5, 5.41) is 2.61. The van der Waals surface area contributed by atoms with Crippen LogP contribution >= 0.6 is 0 Å². The van der Waals surface area contributed by atoms with Gasteiger partial charge in [0.1, 0.15) is 0 Å². The van der Waals surface area contributed by atoms with Crippen molar-refractivity contribution in [1.82, 2.24) is 0 Å². The molecule has 0 saturated carbocycles. The maximum Gasteiger partial charge on any atom is 0.225 e. The molecule has 0 bridgehead atoms. The molecule has 30 heavy (non-hydrogen) atoms. The maximum absolute atomic E-state index is 12.8. The molecular weight excluding hydrogens is 402 g/mol. The first-order chi connectivity index (χ1) is 14.4. The molecule has 1 N–H and O–H groups in total. The summed E-state index contributed by atoms with van der Waals surface area (Å²) in [5.74, 6) is -1.36. The van der Waals surface area contributed by atoms with Gasteiger partial charge < -0.3 is 5.32 Å². The van der Waals surface area contributed by atoms with Gasteiger partial charge in [-0.05, 0) is 30.3 Å². The Kier molecular flexibility index (Phi) is 5.05. The fourth-order valence-electron chi connectivity index (χ4n) is 3.37. The van der Waals surface area contributed by atoms with Crippen molar-refractivity contribution < 1.29 is 22.8 Å². The van der Waals surface area contributed by atoms with Crippen molar-refractivity contribution in [2.24, 2.45) is 0 Å². The molecule has 0 saturated heterocycles. The lowest BCUT2D eigenvalue weighted by molar-refractivity contribution is -0.115. The van der Waals surface area contributed by atoms with Crippen LogP contribution in [0.25, 0.3) is 0 Å². The summed E-state index contributed by atoms with van der Waals surface area (Å²) in [7, 11) is -3.57. The van der Waals surface area contributed by atoms with Crippen LogP contribution in [0.1, 0.15) is 38.3 Å². The van der Waals surface area contributed by atoms with Crippen molar-refractivity contribution >= 4 is 33.0 Å². The van der Waals surface area contributed by atoms with Crippen molar-refractivity contribution in [3.8, 4) is 0 Å². The Hall–Kier alpha value is -3.58. The molecule has 4 rings (SSSR count). The molecule has 1 aliphatic rings. The lowest BCUT2D eigenvalue weighted by Gasteiger charge is -2.18. The van der Waals surface area contributed by atoms with Crippen molar-refractivity contribution in [1.29, 1.82) is 0 Å². The number of anilines is 1. The first-order valence-corrected chi connectivity index (χ1v) is 10.9. The average molecular weight is 419 g/mol. The number of benzene rings is 3. The third-order valence-electron chi connectivity index (χ3n) is 4.91. The number of sulfone groups is 1. The molecule has 6 nitrogen and oxygen atoms in total. The molecule has 7 heteroatoms. The lowest BCUT2D eigenvalue weighted by Crippen LogP contribution is -2.22. The van der Waals surface area contributed by atoms with E-state index in [9.17, 15) is 22.8 Å². The fraction of sp³-hybridized carbons (Fsp3) is 0.0870. The third-order valence-corrected chi connectivity index (χ3v) is 6.64. The lowest BCUT2D eigenvalue weighted by atomic mass is 9.84. The van der Waals surface area contributed by atoms with E-state index in [-0.39, 0.29) is 39.8 Å². The van der Waals surface area contributed by atoms with Gasteiger partial charge in [0, 0.05) is 34.4 Å². The summed E-state index contributed by atoms with van der Waals surface area (Å²) in [6.07, 6.45) is -0.232. The van der Waals surface area contributed by atoms with Crippen LogP contribution in [0.3, 0.4) is 0 Å². The van der Waals surface area contributed by atoms with Gasteiger partial charge in [0.05, 0.1) is 10.6 Å². The fourth-order valence-corrected chi connectivity index (χ4v) is 4.64. The summed E-state index contributed by atoms with van der Waals surface area (Å²) in [5.41, 5.74) is 1.51. The Morgan fingerprint density at radius 3 is 1.97 bits per heavy atom. The van der Waals surface area contributed by atoms with Crippen molar-refractivity contribution in [3.63, 3.8) is 0 Å². The van der Waals surface area contributed by atoms with E-state index in [4.69, 9.17) is 0 Å². The number of ketones is 2. The largest absolute Gasteiger partial charge is 0.326 e. The Bertz CT molecular complexity index is 1280. The van der Waals surface area contributed by atoms with Crippen LogP contribution in [0.5, 0.6) is 0 Å². The summed E-state index contributed by atoms with van der Waals surface area (Å²) in [4.78, 5) is 37.8. The van der Waals surface area contributed by atoms with E-state index in [1.165, 1.54) is 30.3 Å². The zero-order valence-corrected chi connectivity index (χ0v) is 16.6. The second-order valence-corrected chi connectivity index (χ2v) is 9.00. The molecule has 0 radical (unpaired) electrons. The van der Waals surface area contributed by atoms with E-state index in [0.717, 1.165) is 0 Å². The number of amides is 1. The standard InChI is InChI=1S/C23H17NO5S/c25-21(12-13-30(28,29)16-6-2-1-3-7-16)24-15-10-11-19-20(14-15)23(27)18-9-5-4-8-17(18)22(19)26/h1-11,14H,12-13H2,(H,24,25). The molecule has 3 aromatic carbocycles. The molecular formula is C23H17NO5S. The van der Waals surface area contributed by atoms with E-state index in [0.29, 0.717) is 16.8 Å². The Labute approximate surface area is 173 Å². The highest BCUT2D eigenvalue weighted by molar-refractivity contribution is 7.91. The van der Waals surface area contributed by atoms with Gasteiger partial charge in [0.25, 0.3) is 0 Å². The second kappa shape index (κ2) is 7.68. The molecule has 1 amide bonds. The molecule has 0 fully saturated rings. The first-order valence-electron chi connectivity index (χ1n) is 9.27. The second-order valence-electron chi connectivity index (χ2n) is 6.89. The summed E-state index contributed by atoms with van der Waals surface area (Å²) in [6.45, 7) is 0. The quantitative estimate of drug-likeness (QED) is 0.535. The number of rotatable bonds is 5. The minimum atomic E-state index is -3.57. The van der Waals surface area contributed by atoms with E-state index in [1.807, 2.05) is 0 Å². The van der Waals surface area contributed by atoms with Gasteiger partial charge in [-0.1, -0.05) is 42.5 Å². The Balaban J connectivity index is 1.49. The zero-order chi connectivity index (χ0) is 21.3. The van der Waals surface area contributed by atoms with Gasteiger partial charge in [-0.2, -0.15) is 0 Å². The van der Waals surface area contributed by atoms with Crippen LogP contribution in [0, 0.1) is 0 Å². The van der Waals surface area contributed by atoms with Crippen molar-refractivity contribution in [2.45, 2.75) is 11.3 Å². The number of nitrogens with one attached hydrogen (secondary N) is 1. The van der Waals surface area contributed by atoms with Gasteiger partial charge in [-0.15, -0.1) is 0 Å². The first kappa shape index (κ1) is 19.7. The topological polar surface area (TPSA) is 97.4 Å². The van der Waals surface area contributed by atoms with Crippen LogP contribution in [-0.2, 0) is 14.6 Å². The molecule has 1 aliphatic carbocycles. The van der Waals surface area contributed by atoms with Gasteiger partial charge in [-0.25, -0.2) is 8.42 Å². The minimum absolute atomic E-state index is 0.161. The highest BCUT2D eigenvalue weighted by atomic mass is 32.2. The molecule has 0 aromatic heterocycles. The molecule has 0 heterocycles. The molecule has 0 spiro atoms. The molecule has 0 atom stereocenters. The van der Waals surface area contributed by atoms with Crippen LogP contribution in [0.2, 0.25) is 0 Å². The maximum atomic E-state index is 12.8. The summed E-state index contributed by atoms with van der Waals surface area (Å²) < 4.78 is 24.6. The highest BCUT2D eigenvalue weighted by Crippen LogP contribution is 2.29. The van der Waals surface area contributed by atoms with Crippen LogP contribution < -0.4 is 5.32 Å². The van der Waals surface area contributed by atoms with Gasteiger partial charge in [0.15, 0.2) is 21.4 Å². The van der Waals surface area contributed by atoms with E-state index < -0.39 is 15.7 Å². The number of hydrogen-bond donors (Lipinski definition) is 1. The molecule has 3 aromatic rings. The number of hydrogen-bond acceptors (Lipinski definition) is 5. The van der Waals surface area contributed by atoms with E-state index in [1.54, 1.807) is 42.5 Å². The minimum Gasteiger partial charge on any atom is -0.326 e. The molecule has 150 valence electrons. The average Bonchev–Trinajstić information content (AvgIpc) is 2.77. The zero-order valence-electron chi connectivity index (χ0n) is 15.8. The SMILES string of the molecule is O=C(CCS(=O)(=O)c1ccccc1)Nc1ccc2c(c1)C(=O)c1ccccc1C2=O. The molecule has 0 aliphatic heterocycles. The van der Waals surface area contributed by atoms with Crippen molar-refractivity contribution in [3.05, 3.63) is 95.1 Å². The predicted molar refractivity (Wildman–Crippen MR) is 111 cm³/mol. The Morgan fingerprint density at radius 1 is 0.733 bits per heavy atom. The third kappa shape index (κ3) is 3.67. The van der Waals surface area contributed by atoms with Crippen molar-refractivity contribution in [2.75, 3.05) is 11.1 Å². The van der Waals surface area contributed by atoms with Gasteiger partial charge in [-0.3, -0.25) is 14.4 Å². The Morgan fingerprint density at radius 2 is 1.30 bits per heavy atom.